The molecule has 5 heteroatoms. The molecule has 1 heterocycles. The summed E-state index contributed by atoms with van der Waals surface area (Å²) in [5.41, 5.74) is 1.53. The van der Waals surface area contributed by atoms with Crippen LogP contribution in [0, 0.1) is 13.8 Å². The van der Waals surface area contributed by atoms with E-state index in [1.54, 1.807) is 23.4 Å². The predicted molar refractivity (Wildman–Crippen MR) is 78.2 cm³/mol. The van der Waals surface area contributed by atoms with Gasteiger partial charge in [-0.05, 0) is 49.9 Å². The average Bonchev–Trinajstić information content (AvgIpc) is 2.62. The number of rotatable bonds is 2. The molecule has 0 amide bonds. The molecule has 106 valence electrons. The van der Waals surface area contributed by atoms with Crippen molar-refractivity contribution < 1.29 is 8.42 Å². The van der Waals surface area contributed by atoms with Crippen molar-refractivity contribution in [1.82, 2.24) is 4.31 Å². The van der Waals surface area contributed by atoms with Crippen molar-refractivity contribution >= 4 is 21.6 Å². The third-order valence-electron chi connectivity index (χ3n) is 3.64. The third kappa shape index (κ3) is 3.12. The number of aryl methyl sites for hydroxylation is 2. The summed E-state index contributed by atoms with van der Waals surface area (Å²) < 4.78 is 27.0. The maximum atomic E-state index is 12.7. The van der Waals surface area contributed by atoms with E-state index in [0.29, 0.717) is 23.0 Å². The van der Waals surface area contributed by atoms with Crippen LogP contribution in [0.5, 0.6) is 0 Å². The SMILES string of the molecule is Cc1cc(S(=O)(=O)N2CCCCCC2)c(C)cc1Cl. The zero-order valence-electron chi connectivity index (χ0n) is 11.4. The summed E-state index contributed by atoms with van der Waals surface area (Å²) in [6, 6.07) is 3.43. The molecule has 0 unspecified atom stereocenters. The molecule has 1 aromatic rings. The zero-order chi connectivity index (χ0) is 14.0. The van der Waals surface area contributed by atoms with Crippen LogP contribution in [-0.2, 0) is 10.0 Å². The largest absolute Gasteiger partial charge is 0.243 e. The van der Waals surface area contributed by atoms with Gasteiger partial charge in [0.25, 0.3) is 0 Å². The van der Waals surface area contributed by atoms with E-state index < -0.39 is 10.0 Å². The van der Waals surface area contributed by atoms with Gasteiger partial charge in [0.15, 0.2) is 0 Å². The van der Waals surface area contributed by atoms with Gasteiger partial charge in [0.2, 0.25) is 10.0 Å². The Labute approximate surface area is 120 Å². The lowest BCUT2D eigenvalue weighted by Gasteiger charge is -2.21. The van der Waals surface area contributed by atoms with E-state index in [-0.39, 0.29) is 0 Å². The van der Waals surface area contributed by atoms with Crippen LogP contribution in [0.2, 0.25) is 5.02 Å². The molecule has 1 aliphatic rings. The van der Waals surface area contributed by atoms with Gasteiger partial charge >= 0.3 is 0 Å². The minimum absolute atomic E-state index is 0.399. The molecule has 1 aliphatic heterocycles. The van der Waals surface area contributed by atoms with Crippen LogP contribution < -0.4 is 0 Å². The highest BCUT2D eigenvalue weighted by atomic mass is 35.5. The van der Waals surface area contributed by atoms with Crippen molar-refractivity contribution in [3.8, 4) is 0 Å². The molecule has 0 N–H and O–H groups in total. The number of hydrogen-bond acceptors (Lipinski definition) is 2. The summed E-state index contributed by atoms with van der Waals surface area (Å²) >= 11 is 6.04. The van der Waals surface area contributed by atoms with Crippen molar-refractivity contribution in [2.45, 2.75) is 44.4 Å². The highest BCUT2D eigenvalue weighted by Gasteiger charge is 2.27. The van der Waals surface area contributed by atoms with Crippen molar-refractivity contribution in [1.29, 1.82) is 0 Å². The molecule has 0 radical (unpaired) electrons. The van der Waals surface area contributed by atoms with Crippen molar-refractivity contribution in [3.05, 3.63) is 28.3 Å². The Morgan fingerprint density at radius 3 is 2.16 bits per heavy atom. The molecule has 0 atom stereocenters. The zero-order valence-corrected chi connectivity index (χ0v) is 13.0. The monoisotopic (exact) mass is 301 g/mol. The highest BCUT2D eigenvalue weighted by molar-refractivity contribution is 7.89. The number of sulfonamides is 1. The first-order chi connectivity index (χ1) is 8.93. The van der Waals surface area contributed by atoms with E-state index >= 15 is 0 Å². The molecule has 1 fully saturated rings. The molecule has 1 aromatic carbocycles. The second kappa shape index (κ2) is 5.81. The van der Waals surface area contributed by atoms with Crippen molar-refractivity contribution in [2.24, 2.45) is 0 Å². The summed E-state index contributed by atoms with van der Waals surface area (Å²) in [6.07, 6.45) is 4.13. The fourth-order valence-corrected chi connectivity index (χ4v) is 4.48. The summed E-state index contributed by atoms with van der Waals surface area (Å²) in [5, 5.41) is 0.618. The van der Waals surface area contributed by atoms with Crippen LogP contribution in [-0.4, -0.2) is 25.8 Å². The number of nitrogens with zero attached hydrogens (tertiary/aromatic N) is 1. The van der Waals surface area contributed by atoms with E-state index in [1.807, 2.05) is 6.92 Å². The Bertz CT molecular complexity index is 561. The quantitative estimate of drug-likeness (QED) is 0.838. The second-order valence-corrected chi connectivity index (χ2v) is 7.50. The van der Waals surface area contributed by atoms with Gasteiger partial charge in [-0.2, -0.15) is 4.31 Å². The lowest BCUT2D eigenvalue weighted by molar-refractivity contribution is 0.423. The summed E-state index contributed by atoms with van der Waals surface area (Å²) in [4.78, 5) is 0.399. The molecule has 19 heavy (non-hydrogen) atoms. The molecule has 0 spiro atoms. The van der Waals surface area contributed by atoms with Crippen LogP contribution in [0.1, 0.15) is 36.8 Å². The van der Waals surface area contributed by atoms with Gasteiger partial charge in [0.1, 0.15) is 0 Å². The number of benzene rings is 1. The smallest absolute Gasteiger partial charge is 0.207 e. The molecule has 2 rings (SSSR count). The predicted octanol–water partition coefficient (Wildman–Crippen LogP) is 3.52. The Hall–Kier alpha value is -0.580. The van der Waals surface area contributed by atoms with E-state index in [9.17, 15) is 8.42 Å². The minimum Gasteiger partial charge on any atom is -0.207 e. The Balaban J connectivity index is 2.41. The Morgan fingerprint density at radius 2 is 1.58 bits per heavy atom. The highest BCUT2D eigenvalue weighted by Crippen LogP contribution is 2.27. The van der Waals surface area contributed by atoms with E-state index in [2.05, 4.69) is 0 Å². The normalized spacial score (nSPS) is 18.3. The second-order valence-electron chi connectivity index (χ2n) is 5.19. The fourth-order valence-electron chi connectivity index (χ4n) is 2.45. The average molecular weight is 302 g/mol. The fraction of sp³-hybridized carbons (Fsp3) is 0.571. The van der Waals surface area contributed by atoms with Gasteiger partial charge in [0, 0.05) is 18.1 Å². The molecule has 0 aliphatic carbocycles. The van der Waals surface area contributed by atoms with E-state index in [4.69, 9.17) is 11.6 Å². The van der Waals surface area contributed by atoms with Gasteiger partial charge in [-0.1, -0.05) is 24.4 Å². The van der Waals surface area contributed by atoms with Crippen LogP contribution in [0.4, 0.5) is 0 Å². The Kier molecular flexibility index (Phi) is 4.54. The summed E-state index contributed by atoms with van der Waals surface area (Å²) in [6.45, 7) is 4.89. The van der Waals surface area contributed by atoms with Crippen LogP contribution in [0.15, 0.2) is 17.0 Å². The number of hydrogen-bond donors (Lipinski definition) is 0. The van der Waals surface area contributed by atoms with Crippen LogP contribution in [0.3, 0.4) is 0 Å². The number of halogens is 1. The first kappa shape index (κ1) is 14.8. The topological polar surface area (TPSA) is 37.4 Å². The van der Waals surface area contributed by atoms with E-state index in [1.165, 1.54) is 0 Å². The molecule has 0 aromatic heterocycles. The molecular weight excluding hydrogens is 282 g/mol. The molecular formula is C14H20ClNO2S. The van der Waals surface area contributed by atoms with Gasteiger partial charge in [0.05, 0.1) is 4.90 Å². The van der Waals surface area contributed by atoms with Gasteiger partial charge in [-0.25, -0.2) is 8.42 Å². The lowest BCUT2D eigenvalue weighted by atomic mass is 10.2. The molecule has 0 bridgehead atoms. The van der Waals surface area contributed by atoms with Gasteiger partial charge in [-0.15, -0.1) is 0 Å². The van der Waals surface area contributed by atoms with Crippen LogP contribution in [0.25, 0.3) is 0 Å². The first-order valence-corrected chi connectivity index (χ1v) is 8.51. The van der Waals surface area contributed by atoms with Gasteiger partial charge in [-0.3, -0.25) is 0 Å². The minimum atomic E-state index is -3.38. The Morgan fingerprint density at radius 1 is 1.00 bits per heavy atom. The summed E-state index contributed by atoms with van der Waals surface area (Å²) in [7, 11) is -3.38. The first-order valence-electron chi connectivity index (χ1n) is 6.70. The molecule has 3 nitrogen and oxygen atoms in total. The van der Waals surface area contributed by atoms with Gasteiger partial charge < -0.3 is 0 Å². The maximum absolute atomic E-state index is 12.7. The van der Waals surface area contributed by atoms with E-state index in [0.717, 1.165) is 36.8 Å². The van der Waals surface area contributed by atoms with Crippen molar-refractivity contribution in [2.75, 3.05) is 13.1 Å². The summed E-state index contributed by atoms with van der Waals surface area (Å²) in [5.74, 6) is 0. The maximum Gasteiger partial charge on any atom is 0.243 e. The molecule has 1 saturated heterocycles. The van der Waals surface area contributed by atoms with Crippen molar-refractivity contribution in [3.63, 3.8) is 0 Å². The standard InChI is InChI=1S/C14H20ClNO2S/c1-11-10-14(12(2)9-13(11)15)19(17,18)16-7-5-3-4-6-8-16/h9-10H,3-8H2,1-2H3. The third-order valence-corrected chi connectivity index (χ3v) is 6.09. The lowest BCUT2D eigenvalue weighted by Crippen LogP contribution is -2.32. The molecule has 0 saturated carbocycles. The van der Waals surface area contributed by atoms with Crippen LogP contribution >= 0.6 is 11.6 Å².